The molecule has 0 saturated heterocycles. The first kappa shape index (κ1) is 14.0. The highest BCUT2D eigenvalue weighted by Crippen LogP contribution is 2.27. The molecule has 18 heavy (non-hydrogen) atoms. The van der Waals surface area contributed by atoms with Gasteiger partial charge in [-0.05, 0) is 23.3 Å². The summed E-state index contributed by atoms with van der Waals surface area (Å²) in [6, 6.07) is 15.6. The van der Waals surface area contributed by atoms with Gasteiger partial charge in [-0.3, -0.25) is 0 Å². The molecule has 0 aromatic heterocycles. The number of hydrogen-bond donors (Lipinski definition) is 0. The van der Waals surface area contributed by atoms with E-state index in [1.54, 1.807) is 0 Å². The zero-order valence-corrected chi connectivity index (χ0v) is 13.6. The Balaban J connectivity index is 2.53. The zero-order chi connectivity index (χ0) is 13.0. The van der Waals surface area contributed by atoms with Crippen LogP contribution >= 0.6 is 31.9 Å². The van der Waals surface area contributed by atoms with Crippen LogP contribution in [0.4, 0.5) is 0 Å². The van der Waals surface area contributed by atoms with Crippen molar-refractivity contribution in [2.45, 2.75) is 20.5 Å². The van der Waals surface area contributed by atoms with E-state index in [2.05, 4.69) is 31.9 Å². The third kappa shape index (κ3) is 2.92. The topological polar surface area (TPSA) is 17.1 Å². The number of hydrogen-bond acceptors (Lipinski definition) is 1. The van der Waals surface area contributed by atoms with E-state index in [9.17, 15) is 4.21 Å². The fourth-order valence-electron chi connectivity index (χ4n) is 1.75. The summed E-state index contributed by atoms with van der Waals surface area (Å²) >= 11 is 6.93. The van der Waals surface area contributed by atoms with E-state index in [4.69, 9.17) is 0 Å². The Labute approximate surface area is 126 Å². The van der Waals surface area contributed by atoms with Crippen molar-refractivity contribution in [1.82, 2.24) is 0 Å². The van der Waals surface area contributed by atoms with Gasteiger partial charge in [-0.15, -0.1) is 0 Å². The lowest BCUT2D eigenvalue weighted by Crippen LogP contribution is -2.01. The molecule has 0 aliphatic rings. The number of rotatable bonds is 4. The molecule has 0 saturated carbocycles. The normalized spacial score (nSPS) is 12.3. The summed E-state index contributed by atoms with van der Waals surface area (Å²) < 4.78 is 12.7. The molecule has 0 fully saturated rings. The molecule has 0 bridgehead atoms. The summed E-state index contributed by atoms with van der Waals surface area (Å²) in [7, 11) is -1.13. The van der Waals surface area contributed by atoms with Crippen LogP contribution in [0.5, 0.6) is 0 Å². The van der Waals surface area contributed by atoms with E-state index in [1.165, 1.54) is 0 Å². The van der Waals surface area contributed by atoms with Crippen LogP contribution in [-0.4, -0.2) is 4.21 Å². The van der Waals surface area contributed by atoms with Crippen LogP contribution in [0.3, 0.4) is 0 Å². The van der Waals surface area contributed by atoms with Crippen molar-refractivity contribution in [3.63, 3.8) is 0 Å². The molecule has 94 valence electrons. The van der Waals surface area contributed by atoms with Gasteiger partial charge in [-0.1, -0.05) is 68.3 Å². The molecular weight excluding hydrogens is 376 g/mol. The molecule has 0 amide bonds. The minimum Gasteiger partial charge on any atom is -0.249 e. The Hall–Kier alpha value is -0.450. The lowest BCUT2D eigenvalue weighted by atomic mass is 10.2. The molecule has 2 rings (SSSR count). The summed E-state index contributed by atoms with van der Waals surface area (Å²) in [6.07, 6.45) is 0. The van der Waals surface area contributed by atoms with E-state index < -0.39 is 10.8 Å². The molecule has 2 aromatic carbocycles. The number of alkyl halides is 2. The zero-order valence-electron chi connectivity index (χ0n) is 9.61. The van der Waals surface area contributed by atoms with Crippen LogP contribution < -0.4 is 0 Å². The van der Waals surface area contributed by atoms with Crippen LogP contribution in [0.2, 0.25) is 0 Å². The van der Waals surface area contributed by atoms with E-state index in [0.717, 1.165) is 20.9 Å². The molecule has 0 heterocycles. The fraction of sp³-hybridized carbons (Fsp3) is 0.143. The maximum atomic E-state index is 12.7. The van der Waals surface area contributed by atoms with E-state index in [0.29, 0.717) is 10.7 Å². The molecule has 0 N–H and O–H groups in total. The second-order valence-electron chi connectivity index (χ2n) is 3.75. The number of halogens is 2. The van der Waals surface area contributed by atoms with Crippen LogP contribution in [0, 0.1) is 0 Å². The van der Waals surface area contributed by atoms with Crippen molar-refractivity contribution in [2.75, 3.05) is 0 Å². The lowest BCUT2D eigenvalue weighted by Gasteiger charge is -2.11. The molecule has 2 aromatic rings. The van der Waals surface area contributed by atoms with Gasteiger partial charge in [0.1, 0.15) is 0 Å². The monoisotopic (exact) mass is 386 g/mol. The molecule has 0 radical (unpaired) electrons. The molecule has 1 atom stereocenters. The molecule has 0 aliphatic heterocycles. The van der Waals surface area contributed by atoms with Gasteiger partial charge >= 0.3 is 0 Å². The Morgan fingerprint density at radius 3 is 1.89 bits per heavy atom. The number of benzene rings is 2. The van der Waals surface area contributed by atoms with Crippen molar-refractivity contribution in [1.29, 1.82) is 0 Å². The second kappa shape index (κ2) is 6.64. The van der Waals surface area contributed by atoms with Crippen molar-refractivity contribution < 1.29 is 4.21 Å². The highest BCUT2D eigenvalue weighted by molar-refractivity contribution is 9.08. The van der Waals surface area contributed by atoms with Crippen molar-refractivity contribution in [3.05, 3.63) is 59.7 Å². The van der Waals surface area contributed by atoms with E-state index >= 15 is 0 Å². The molecule has 4 heteroatoms. The predicted molar refractivity (Wildman–Crippen MR) is 82.8 cm³/mol. The van der Waals surface area contributed by atoms with Crippen molar-refractivity contribution in [2.24, 2.45) is 0 Å². The Bertz CT molecular complexity index is 533. The Morgan fingerprint density at radius 2 is 1.39 bits per heavy atom. The third-order valence-corrected chi connectivity index (χ3v) is 5.41. The van der Waals surface area contributed by atoms with Crippen LogP contribution in [0.25, 0.3) is 0 Å². The van der Waals surface area contributed by atoms with Crippen LogP contribution in [0.1, 0.15) is 11.1 Å². The van der Waals surface area contributed by atoms with Crippen molar-refractivity contribution >= 4 is 42.7 Å². The van der Waals surface area contributed by atoms with Crippen LogP contribution in [0.15, 0.2) is 58.3 Å². The summed E-state index contributed by atoms with van der Waals surface area (Å²) in [5, 5.41) is 1.42. The summed E-state index contributed by atoms with van der Waals surface area (Å²) in [6.45, 7) is 0. The third-order valence-electron chi connectivity index (χ3n) is 2.61. The minimum atomic E-state index is -1.13. The molecule has 0 spiro atoms. The van der Waals surface area contributed by atoms with Gasteiger partial charge in [-0.25, -0.2) is 4.21 Å². The SMILES string of the molecule is O=S(c1ccccc1)c1c(CBr)cccc1CBr. The molecule has 0 aliphatic carbocycles. The highest BCUT2D eigenvalue weighted by Gasteiger charge is 2.15. The van der Waals surface area contributed by atoms with Crippen LogP contribution in [-0.2, 0) is 21.5 Å². The first-order valence-electron chi connectivity index (χ1n) is 5.47. The average molecular weight is 388 g/mol. The summed E-state index contributed by atoms with van der Waals surface area (Å²) in [5.74, 6) is 0. The van der Waals surface area contributed by atoms with Gasteiger partial charge in [0.2, 0.25) is 0 Å². The quantitative estimate of drug-likeness (QED) is 0.698. The van der Waals surface area contributed by atoms with Gasteiger partial charge in [0, 0.05) is 15.6 Å². The van der Waals surface area contributed by atoms with Gasteiger partial charge in [0.15, 0.2) is 0 Å². The maximum Gasteiger partial charge on any atom is 0.0855 e. The Kier molecular flexibility index (Phi) is 5.15. The Morgan fingerprint density at radius 1 is 0.833 bits per heavy atom. The molecule has 1 unspecified atom stereocenters. The lowest BCUT2D eigenvalue weighted by molar-refractivity contribution is 0.682. The molecule has 1 nitrogen and oxygen atoms in total. The second-order valence-corrected chi connectivity index (χ2v) is 6.29. The first-order valence-corrected chi connectivity index (χ1v) is 8.86. The molecular formula is C14H12Br2OS. The van der Waals surface area contributed by atoms with Gasteiger partial charge in [-0.2, -0.15) is 0 Å². The van der Waals surface area contributed by atoms with Crippen molar-refractivity contribution in [3.8, 4) is 0 Å². The predicted octanol–water partition coefficient (Wildman–Crippen LogP) is 4.64. The minimum absolute atomic E-state index is 0.710. The van der Waals surface area contributed by atoms with E-state index in [-0.39, 0.29) is 0 Å². The average Bonchev–Trinajstić information content (AvgIpc) is 2.46. The fourth-order valence-corrected chi connectivity index (χ4v) is 4.45. The maximum absolute atomic E-state index is 12.7. The van der Waals surface area contributed by atoms with E-state index in [1.807, 2.05) is 48.5 Å². The summed E-state index contributed by atoms with van der Waals surface area (Å²) in [4.78, 5) is 1.76. The largest absolute Gasteiger partial charge is 0.249 e. The highest BCUT2D eigenvalue weighted by atomic mass is 79.9. The standard InChI is InChI=1S/C14H12Br2OS/c15-9-11-5-4-6-12(10-16)14(11)18(17)13-7-2-1-3-8-13/h1-8H,9-10H2. The smallest absolute Gasteiger partial charge is 0.0855 e. The van der Waals surface area contributed by atoms with Gasteiger partial charge in [0.25, 0.3) is 0 Å². The van der Waals surface area contributed by atoms with Gasteiger partial charge in [0.05, 0.1) is 15.7 Å². The first-order chi connectivity index (χ1) is 8.77. The van der Waals surface area contributed by atoms with Gasteiger partial charge < -0.3 is 0 Å². The summed E-state index contributed by atoms with van der Waals surface area (Å²) in [5.41, 5.74) is 2.16.